The van der Waals surface area contributed by atoms with Crippen LogP contribution in [0.1, 0.15) is 85.9 Å². The van der Waals surface area contributed by atoms with Gasteiger partial charge in [-0.1, -0.05) is 131 Å². The van der Waals surface area contributed by atoms with Crippen molar-refractivity contribution in [3.05, 3.63) is 427 Å². The molecule has 0 spiro atoms. The lowest BCUT2D eigenvalue weighted by Gasteiger charge is -2.19. The molecule has 0 atom stereocenters. The van der Waals surface area contributed by atoms with Crippen LogP contribution in [-0.4, -0.2) is 81.6 Å². The summed E-state index contributed by atoms with van der Waals surface area (Å²) in [7, 11) is -3.60. The molecule has 0 unspecified atom stereocenters. The SMILES string of the molecule is Cc1ccc(-c2cccc3c2CC(=O)N3)cc1C(=O)Nc1ccc(F)cc1.Cc1ccc(-c2cccc3c2CC(=O)N3c2cccc(F)c2F)cc1C(=O)Nc1ccc(F)cc1.Cc1ccc(-c2cccc3c2CC(=O)N3c2cccc(F)c2F)cc1C(=O)Nc1ccc(F)cc1.Cc1ccc(B(O)O)cc1C(=O)Nc1ccc(F)cc1.O=C1Cc2c(Br)cccc2N1.OB(O)c1cccc(F)c1F. The number of aryl methyl sites for hydroxylation is 4. The second-order valence-electron chi connectivity index (χ2n) is 32.0. The number of nitrogens with zero attached hydrogens (tertiary/aromatic N) is 2. The third-order valence-corrected chi connectivity index (χ3v) is 23.4. The van der Waals surface area contributed by atoms with Gasteiger partial charge in [0.25, 0.3) is 23.6 Å². The van der Waals surface area contributed by atoms with Gasteiger partial charge < -0.3 is 52.0 Å². The molecule has 0 aliphatic carbocycles. The van der Waals surface area contributed by atoms with Crippen molar-refractivity contribution in [1.82, 2.24) is 0 Å². The Morgan fingerprint density at radius 1 is 0.317 bits per heavy atom. The first-order valence-electron chi connectivity index (χ1n) is 42.7. The van der Waals surface area contributed by atoms with E-state index >= 15 is 0 Å². The van der Waals surface area contributed by atoms with E-state index in [4.69, 9.17) is 20.1 Å². The normalized spacial score (nSPS) is 12.1. The van der Waals surface area contributed by atoms with Crippen LogP contribution in [0.3, 0.4) is 0 Å². The first kappa shape index (κ1) is 98.8. The Hall–Kier alpha value is -16.2. The number of hydrogen-bond donors (Lipinski definition) is 10. The predicted octanol–water partition coefficient (Wildman–Crippen LogP) is 20.3. The van der Waals surface area contributed by atoms with Crippen molar-refractivity contribution in [2.75, 3.05) is 41.7 Å². The molecule has 0 aromatic heterocycles. The number of rotatable bonds is 15. The summed E-state index contributed by atoms with van der Waals surface area (Å²) in [5.74, 6) is -10.2. The maximum Gasteiger partial charge on any atom is 0.491 e. The molecule has 15 aromatic carbocycles. The average molecular weight is 1950 g/mol. The average Bonchev–Trinajstić information content (AvgIpc) is 1.62. The molecule has 15 aromatic rings. The van der Waals surface area contributed by atoms with Crippen LogP contribution < -0.4 is 52.6 Å². The zero-order chi connectivity index (χ0) is 99.3. The van der Waals surface area contributed by atoms with Crippen LogP contribution in [0.15, 0.2) is 302 Å². The lowest BCUT2D eigenvalue weighted by Crippen LogP contribution is -2.33. The van der Waals surface area contributed by atoms with Gasteiger partial charge in [0, 0.05) is 66.3 Å². The van der Waals surface area contributed by atoms with E-state index in [-0.39, 0.29) is 82.7 Å². The van der Waals surface area contributed by atoms with Crippen LogP contribution >= 0.6 is 15.9 Å². The third kappa shape index (κ3) is 23.3. The van der Waals surface area contributed by atoms with Crippen molar-refractivity contribution >= 4 is 145 Å². The van der Waals surface area contributed by atoms with E-state index < -0.39 is 72.1 Å². The van der Waals surface area contributed by atoms with Gasteiger partial charge in [-0.3, -0.25) is 48.2 Å². The number of halogens is 11. The van der Waals surface area contributed by atoms with Crippen molar-refractivity contribution in [1.29, 1.82) is 0 Å². The highest BCUT2D eigenvalue weighted by molar-refractivity contribution is 9.10. The molecular weight excluding hydrogens is 1870 g/mol. The largest absolute Gasteiger partial charge is 0.491 e. The van der Waals surface area contributed by atoms with E-state index in [9.17, 15) is 82.3 Å². The van der Waals surface area contributed by atoms with Gasteiger partial charge >= 0.3 is 14.2 Å². The Kier molecular flexibility index (Phi) is 31.0. The van der Waals surface area contributed by atoms with Gasteiger partial charge in [-0.2, -0.15) is 0 Å². The molecule has 698 valence electrons. The highest BCUT2D eigenvalue weighted by atomic mass is 79.9. The van der Waals surface area contributed by atoms with Gasteiger partial charge in [0.2, 0.25) is 23.6 Å². The van der Waals surface area contributed by atoms with Gasteiger partial charge in [-0.15, -0.1) is 0 Å². The van der Waals surface area contributed by atoms with E-state index in [0.29, 0.717) is 108 Å². The molecule has 0 bridgehead atoms. The zero-order valence-electron chi connectivity index (χ0n) is 73.9. The number of benzene rings is 15. The minimum atomic E-state index is -1.97. The summed E-state index contributed by atoms with van der Waals surface area (Å²) in [6.45, 7) is 7.21. The van der Waals surface area contributed by atoms with E-state index in [2.05, 4.69) is 47.8 Å². The fraction of sp³-hybridized carbons (Fsp3) is 0.0755. The zero-order valence-corrected chi connectivity index (χ0v) is 75.5. The van der Waals surface area contributed by atoms with E-state index in [0.717, 1.165) is 79.1 Å². The molecule has 0 saturated heterocycles. The summed E-state index contributed by atoms with van der Waals surface area (Å²) in [6, 6.07) is 75.6. The molecule has 0 radical (unpaired) electrons. The van der Waals surface area contributed by atoms with Gasteiger partial charge in [0.15, 0.2) is 34.9 Å². The Morgan fingerprint density at radius 3 is 0.971 bits per heavy atom. The highest BCUT2D eigenvalue weighted by Crippen LogP contribution is 2.45. The first-order chi connectivity index (χ1) is 66.5. The number of anilines is 10. The molecule has 139 heavy (non-hydrogen) atoms. The summed E-state index contributed by atoms with van der Waals surface area (Å²) >= 11 is 3.38. The summed E-state index contributed by atoms with van der Waals surface area (Å²) in [6.07, 6.45) is 0.839. The summed E-state index contributed by atoms with van der Waals surface area (Å²) in [5.41, 5.74) is 16.8. The van der Waals surface area contributed by atoms with Crippen molar-refractivity contribution in [2.24, 2.45) is 0 Å². The lowest BCUT2D eigenvalue weighted by molar-refractivity contribution is -0.117. The van der Waals surface area contributed by atoms with Crippen LogP contribution in [0, 0.1) is 85.9 Å². The maximum atomic E-state index is 14.5. The predicted molar refractivity (Wildman–Crippen MR) is 518 cm³/mol. The van der Waals surface area contributed by atoms with Gasteiger partial charge in [0.1, 0.15) is 23.3 Å². The quantitative estimate of drug-likeness (QED) is 0.0339. The number of amides is 8. The van der Waals surface area contributed by atoms with Crippen LogP contribution in [0.25, 0.3) is 33.4 Å². The third-order valence-electron chi connectivity index (χ3n) is 22.7. The summed E-state index contributed by atoms with van der Waals surface area (Å²) in [5, 5.41) is 51.8. The molecule has 20 nitrogen and oxygen atoms in total. The Bertz CT molecular complexity index is 7090. The Labute approximate surface area is 798 Å². The highest BCUT2D eigenvalue weighted by Gasteiger charge is 2.36. The fourth-order valence-corrected chi connectivity index (χ4v) is 16.1. The molecule has 4 aliphatic heterocycles. The molecule has 19 rings (SSSR count). The minimum absolute atomic E-state index is 0.00639. The lowest BCUT2D eigenvalue weighted by atomic mass is 9.79. The summed E-state index contributed by atoms with van der Waals surface area (Å²) in [4.78, 5) is 102. The molecule has 8 amide bonds. The van der Waals surface area contributed by atoms with E-state index in [1.165, 1.54) is 149 Å². The molecule has 4 aliphatic rings. The van der Waals surface area contributed by atoms with Gasteiger partial charge in [0.05, 0.1) is 48.4 Å². The number of hydrogen-bond acceptors (Lipinski definition) is 12. The molecule has 0 saturated carbocycles. The maximum absolute atomic E-state index is 14.5. The van der Waals surface area contributed by atoms with Crippen LogP contribution in [0.5, 0.6) is 0 Å². The fourth-order valence-electron chi connectivity index (χ4n) is 15.6. The monoisotopic (exact) mass is 1950 g/mol. The van der Waals surface area contributed by atoms with Gasteiger partial charge in [-0.25, -0.2) is 43.9 Å². The number of carbonyl (C=O) groups is 8. The van der Waals surface area contributed by atoms with E-state index in [1.807, 2.05) is 85.8 Å². The van der Waals surface area contributed by atoms with Crippen molar-refractivity contribution in [3.63, 3.8) is 0 Å². The smallest absolute Gasteiger partial charge is 0.423 e. The number of carbonyl (C=O) groups excluding carboxylic acids is 8. The minimum Gasteiger partial charge on any atom is -0.423 e. The van der Waals surface area contributed by atoms with E-state index in [1.54, 1.807) is 75.4 Å². The second-order valence-corrected chi connectivity index (χ2v) is 32.9. The van der Waals surface area contributed by atoms with Crippen LogP contribution in [-0.2, 0) is 44.9 Å². The second kappa shape index (κ2) is 43.7. The Balaban J connectivity index is 0.000000139. The van der Waals surface area contributed by atoms with Crippen molar-refractivity contribution in [3.8, 4) is 33.4 Å². The molecular formula is C106H79B2BrF10N8O12. The standard InChI is InChI=1S/2C28H19F3N2O2.C22H17FN2O2.C14H13BFNO3.C8H6BrNO.C6H5BF2O2/c2*1-16-8-9-17(14-21(16)28(35)32-19-12-10-18(29)11-13-19)20-4-2-6-24-22(20)15-26(34)33(24)25-7-3-5-23(30)27(25)31;1-13-5-6-14(17-3-2-4-20-19(17)12-21(26)25-20)11-18(13)22(27)24-16-9-7-15(23)8-10-16;1-9-2-3-10(15(19)20)8-13(9)14(18)17-12-6-4-11(16)5-7-12;9-6-2-1-3-7-5(6)4-8(11)10-7;8-5-3-1-2-4(6(5)9)7(10)11/h2*2-14H,15H2,1H3,(H,32,35);2-11H,12H2,1H3,(H,24,27)(H,25,26);2-8,19-20H,1H3,(H,17,18);1-3H,4H2,(H,10,11);1-3,10-11H. The van der Waals surface area contributed by atoms with Crippen molar-refractivity contribution in [2.45, 2.75) is 53.4 Å². The molecule has 33 heteroatoms. The van der Waals surface area contributed by atoms with Crippen molar-refractivity contribution < 1.29 is 102 Å². The molecule has 10 N–H and O–H groups in total. The topological polar surface area (TPSA) is 296 Å². The summed E-state index contributed by atoms with van der Waals surface area (Å²) < 4.78 is 135. The number of nitrogens with one attached hydrogen (secondary N) is 6. The van der Waals surface area contributed by atoms with Crippen LogP contribution in [0.4, 0.5) is 101 Å². The Morgan fingerprint density at radius 2 is 0.619 bits per heavy atom. The van der Waals surface area contributed by atoms with Gasteiger partial charge in [-0.05, 0) is 293 Å². The number of fused-ring (bicyclic) bond motifs is 4. The molecule has 4 heterocycles. The molecule has 0 fully saturated rings. The first-order valence-corrected chi connectivity index (χ1v) is 43.5. The van der Waals surface area contributed by atoms with Crippen LogP contribution in [0.2, 0.25) is 0 Å².